The van der Waals surface area contributed by atoms with Crippen LogP contribution in [0, 0.1) is 0 Å². The molecular weight excluding hydrogens is 399 g/mol. The van der Waals surface area contributed by atoms with Crippen molar-refractivity contribution in [3.8, 4) is 0 Å². The van der Waals surface area contributed by atoms with Gasteiger partial charge in [-0.05, 0) is 43.5 Å². The maximum absolute atomic E-state index is 4.49. The van der Waals surface area contributed by atoms with E-state index in [2.05, 4.69) is 44.8 Å². The van der Waals surface area contributed by atoms with Gasteiger partial charge in [0.1, 0.15) is 0 Å². The average Bonchev–Trinajstić information content (AvgIpc) is 2.84. The molecule has 5 heteroatoms. The molecule has 0 saturated carbocycles. The summed E-state index contributed by atoms with van der Waals surface area (Å²) in [5.74, 6) is 0.954. The van der Waals surface area contributed by atoms with Crippen LogP contribution in [-0.2, 0) is 13.1 Å². The van der Waals surface area contributed by atoms with Crippen LogP contribution in [0.5, 0.6) is 0 Å². The predicted octanol–water partition coefficient (Wildman–Crippen LogP) is 3.12. The van der Waals surface area contributed by atoms with Crippen molar-refractivity contribution in [1.29, 1.82) is 0 Å². The van der Waals surface area contributed by atoms with E-state index in [9.17, 15) is 0 Å². The molecule has 0 radical (unpaired) electrons. The highest BCUT2D eigenvalue weighted by atomic mass is 127. The van der Waals surface area contributed by atoms with Gasteiger partial charge in [-0.25, -0.2) is 0 Å². The molecule has 4 nitrogen and oxygen atoms in total. The molecule has 1 aromatic carbocycles. The van der Waals surface area contributed by atoms with Gasteiger partial charge < -0.3 is 10.6 Å². The number of hydrogen-bond donors (Lipinski definition) is 2. The summed E-state index contributed by atoms with van der Waals surface area (Å²) >= 11 is 0. The summed E-state index contributed by atoms with van der Waals surface area (Å²) in [6.07, 6.45) is 6.62. The fraction of sp³-hybridized carbons (Fsp3) is 0.611. The minimum Gasteiger partial charge on any atom is -0.356 e. The molecule has 0 unspecified atom stereocenters. The molecule has 2 aliphatic heterocycles. The Balaban J connectivity index is 0.00000192. The summed E-state index contributed by atoms with van der Waals surface area (Å²) in [6, 6.07) is 8.81. The molecule has 0 amide bonds. The van der Waals surface area contributed by atoms with Gasteiger partial charge >= 0.3 is 0 Å². The molecule has 1 saturated heterocycles. The minimum absolute atomic E-state index is 0. The lowest BCUT2D eigenvalue weighted by atomic mass is 10.1. The second kappa shape index (κ2) is 10.1. The topological polar surface area (TPSA) is 39.7 Å². The molecule has 3 rings (SSSR count). The number of nitrogens with one attached hydrogen (secondary N) is 2. The van der Waals surface area contributed by atoms with Gasteiger partial charge in [-0.1, -0.05) is 37.1 Å². The van der Waals surface area contributed by atoms with Crippen molar-refractivity contribution in [3.05, 3.63) is 35.4 Å². The Morgan fingerprint density at radius 3 is 2.43 bits per heavy atom. The van der Waals surface area contributed by atoms with Crippen LogP contribution in [0.3, 0.4) is 0 Å². The maximum atomic E-state index is 4.49. The molecular formula is C18H29IN4. The Bertz CT molecular complexity index is 496. The van der Waals surface area contributed by atoms with E-state index in [1.807, 2.05) is 0 Å². The lowest BCUT2D eigenvalue weighted by Gasteiger charge is -2.22. The van der Waals surface area contributed by atoms with Crippen LogP contribution in [0.4, 0.5) is 0 Å². The highest BCUT2D eigenvalue weighted by Gasteiger charge is 2.12. The number of likely N-dealkylation sites (tertiary alicyclic amines) is 1. The number of guanidine groups is 1. The number of rotatable bonds is 4. The number of hydrogen-bond acceptors (Lipinski definition) is 4. The van der Waals surface area contributed by atoms with Gasteiger partial charge in [0.2, 0.25) is 0 Å². The third kappa shape index (κ3) is 5.95. The zero-order valence-corrected chi connectivity index (χ0v) is 16.2. The van der Waals surface area contributed by atoms with E-state index in [1.54, 1.807) is 0 Å². The molecule has 1 aromatic rings. The van der Waals surface area contributed by atoms with Crippen LogP contribution < -0.4 is 10.6 Å². The largest absolute Gasteiger partial charge is 0.356 e. The Labute approximate surface area is 157 Å². The molecule has 2 N–H and O–H groups in total. The summed E-state index contributed by atoms with van der Waals surface area (Å²) in [6.45, 7) is 6.39. The quantitative estimate of drug-likeness (QED) is 0.725. The van der Waals surface area contributed by atoms with Crippen molar-refractivity contribution < 1.29 is 0 Å². The minimum atomic E-state index is 0. The second-order valence-electron chi connectivity index (χ2n) is 6.32. The van der Waals surface area contributed by atoms with Crippen molar-refractivity contribution in [3.63, 3.8) is 0 Å². The predicted molar refractivity (Wildman–Crippen MR) is 107 cm³/mol. The zero-order chi connectivity index (χ0) is 15.0. The Kier molecular flexibility index (Phi) is 8.16. The molecule has 2 heterocycles. The van der Waals surface area contributed by atoms with Crippen molar-refractivity contribution in [2.45, 2.75) is 45.2 Å². The van der Waals surface area contributed by atoms with Gasteiger partial charge in [-0.3, -0.25) is 9.89 Å². The highest BCUT2D eigenvalue weighted by Crippen LogP contribution is 2.16. The van der Waals surface area contributed by atoms with Crippen LogP contribution in [0.25, 0.3) is 0 Å². The lowest BCUT2D eigenvalue weighted by Crippen LogP contribution is -2.40. The normalized spacial score (nSPS) is 19.0. The molecule has 0 bridgehead atoms. The molecule has 0 aliphatic carbocycles. The fourth-order valence-corrected chi connectivity index (χ4v) is 3.25. The van der Waals surface area contributed by atoms with Crippen molar-refractivity contribution in [2.75, 3.05) is 26.2 Å². The molecule has 0 atom stereocenters. The first-order chi connectivity index (χ1) is 10.9. The SMILES string of the molecule is I.c1ccc(CN2CCCCCC2)c(CNC2=NCCCN2)c1. The second-order valence-corrected chi connectivity index (χ2v) is 6.32. The lowest BCUT2D eigenvalue weighted by molar-refractivity contribution is 0.276. The molecule has 23 heavy (non-hydrogen) atoms. The van der Waals surface area contributed by atoms with Gasteiger partial charge in [0.05, 0.1) is 0 Å². The first-order valence-corrected chi connectivity index (χ1v) is 8.73. The van der Waals surface area contributed by atoms with E-state index in [-0.39, 0.29) is 24.0 Å². The van der Waals surface area contributed by atoms with Crippen LogP contribution in [-0.4, -0.2) is 37.0 Å². The average molecular weight is 428 g/mol. The van der Waals surface area contributed by atoms with Crippen LogP contribution in [0.1, 0.15) is 43.2 Å². The Hall–Kier alpha value is -0.820. The molecule has 0 spiro atoms. The first-order valence-electron chi connectivity index (χ1n) is 8.73. The number of benzene rings is 1. The Morgan fingerprint density at radius 2 is 1.74 bits per heavy atom. The van der Waals surface area contributed by atoms with E-state index in [4.69, 9.17) is 0 Å². The van der Waals surface area contributed by atoms with Gasteiger partial charge in [-0.2, -0.15) is 0 Å². The third-order valence-electron chi connectivity index (χ3n) is 4.55. The van der Waals surface area contributed by atoms with Crippen LogP contribution in [0.15, 0.2) is 29.3 Å². The van der Waals surface area contributed by atoms with E-state index in [0.29, 0.717) is 0 Å². The number of halogens is 1. The Morgan fingerprint density at radius 1 is 1.00 bits per heavy atom. The van der Waals surface area contributed by atoms with Gasteiger partial charge in [-0.15, -0.1) is 24.0 Å². The summed E-state index contributed by atoms with van der Waals surface area (Å²) in [7, 11) is 0. The van der Waals surface area contributed by atoms with E-state index in [1.165, 1.54) is 49.9 Å². The third-order valence-corrected chi connectivity index (χ3v) is 4.55. The van der Waals surface area contributed by atoms with Gasteiger partial charge in [0, 0.05) is 26.2 Å². The zero-order valence-electron chi connectivity index (χ0n) is 13.9. The molecule has 128 valence electrons. The van der Waals surface area contributed by atoms with Crippen molar-refractivity contribution in [1.82, 2.24) is 15.5 Å². The number of aliphatic imine (C=N–C) groups is 1. The fourth-order valence-electron chi connectivity index (χ4n) is 3.25. The van der Waals surface area contributed by atoms with Gasteiger partial charge in [0.25, 0.3) is 0 Å². The van der Waals surface area contributed by atoms with E-state index >= 15 is 0 Å². The van der Waals surface area contributed by atoms with Crippen molar-refractivity contribution in [2.24, 2.45) is 4.99 Å². The summed E-state index contributed by atoms with van der Waals surface area (Å²) in [5, 5.41) is 6.78. The summed E-state index contributed by atoms with van der Waals surface area (Å²) in [4.78, 5) is 7.10. The van der Waals surface area contributed by atoms with Crippen LogP contribution >= 0.6 is 24.0 Å². The van der Waals surface area contributed by atoms with E-state index < -0.39 is 0 Å². The smallest absolute Gasteiger partial charge is 0.191 e. The van der Waals surface area contributed by atoms with Crippen LogP contribution in [0.2, 0.25) is 0 Å². The highest BCUT2D eigenvalue weighted by molar-refractivity contribution is 14.0. The van der Waals surface area contributed by atoms with Gasteiger partial charge in [0.15, 0.2) is 5.96 Å². The standard InChI is InChI=1S/C18H28N4.HI/c1-2-6-13-22(12-5-1)15-17-9-4-3-8-16(17)14-21-18-19-10-7-11-20-18;/h3-4,8-9H,1-2,5-7,10-15H2,(H2,19,20,21);1H. The first kappa shape index (κ1) is 18.5. The number of nitrogens with zero attached hydrogens (tertiary/aromatic N) is 2. The summed E-state index contributed by atoms with van der Waals surface area (Å²) < 4.78 is 0. The molecule has 1 fully saturated rings. The molecule has 0 aromatic heterocycles. The summed E-state index contributed by atoms with van der Waals surface area (Å²) in [5.41, 5.74) is 2.84. The van der Waals surface area contributed by atoms with E-state index in [0.717, 1.165) is 38.6 Å². The maximum Gasteiger partial charge on any atom is 0.191 e. The monoisotopic (exact) mass is 428 g/mol. The van der Waals surface area contributed by atoms with Crippen molar-refractivity contribution >= 4 is 29.9 Å². The molecule has 2 aliphatic rings.